The number of hydrogen-bond donors (Lipinski definition) is 1. The molecular formula is C16H14ClN3O2S. The molecule has 0 saturated heterocycles. The molecule has 0 saturated carbocycles. The van der Waals surface area contributed by atoms with E-state index in [1.807, 2.05) is 17.5 Å². The fraction of sp³-hybridized carbons (Fsp3) is 0.188. The van der Waals surface area contributed by atoms with Gasteiger partial charge in [-0.05, 0) is 30.7 Å². The SMILES string of the molecule is COC1=CCC(c2csc(NC(=O)c3ccnc(Cl)c3)n2)C=C1. The molecule has 1 atom stereocenters. The van der Waals surface area contributed by atoms with Crippen molar-refractivity contribution in [2.75, 3.05) is 12.4 Å². The van der Waals surface area contributed by atoms with Gasteiger partial charge in [0.05, 0.1) is 12.8 Å². The van der Waals surface area contributed by atoms with E-state index in [2.05, 4.69) is 21.4 Å². The van der Waals surface area contributed by atoms with Crippen LogP contribution in [0.3, 0.4) is 0 Å². The first-order chi connectivity index (χ1) is 11.2. The molecule has 1 amide bonds. The minimum Gasteiger partial charge on any atom is -0.497 e. The van der Waals surface area contributed by atoms with Gasteiger partial charge in [0.25, 0.3) is 5.91 Å². The third kappa shape index (κ3) is 3.78. The van der Waals surface area contributed by atoms with E-state index in [4.69, 9.17) is 16.3 Å². The number of halogens is 1. The number of allylic oxidation sites excluding steroid dienone is 3. The maximum Gasteiger partial charge on any atom is 0.257 e. The molecule has 3 rings (SSSR count). The molecule has 1 aliphatic rings. The van der Waals surface area contributed by atoms with Crippen molar-refractivity contribution in [3.63, 3.8) is 0 Å². The van der Waals surface area contributed by atoms with Gasteiger partial charge in [0.15, 0.2) is 5.13 Å². The summed E-state index contributed by atoms with van der Waals surface area (Å²) in [5.41, 5.74) is 1.38. The van der Waals surface area contributed by atoms with Gasteiger partial charge in [-0.1, -0.05) is 17.7 Å². The molecule has 0 aromatic carbocycles. The third-order valence-electron chi connectivity index (χ3n) is 3.41. The van der Waals surface area contributed by atoms with E-state index in [9.17, 15) is 4.79 Å². The van der Waals surface area contributed by atoms with Crippen molar-refractivity contribution in [3.05, 3.63) is 64.1 Å². The second-order valence-corrected chi connectivity index (χ2v) is 6.16. The Morgan fingerprint density at radius 3 is 3.09 bits per heavy atom. The molecule has 2 aromatic heterocycles. The van der Waals surface area contributed by atoms with Crippen LogP contribution in [-0.4, -0.2) is 23.0 Å². The normalized spacial score (nSPS) is 16.8. The van der Waals surface area contributed by atoms with Gasteiger partial charge >= 0.3 is 0 Å². The van der Waals surface area contributed by atoms with Crippen LogP contribution in [0.2, 0.25) is 5.15 Å². The summed E-state index contributed by atoms with van der Waals surface area (Å²) in [5.74, 6) is 0.807. The fourth-order valence-corrected chi connectivity index (χ4v) is 3.14. The average Bonchev–Trinajstić information content (AvgIpc) is 3.03. The highest BCUT2D eigenvalue weighted by Gasteiger charge is 2.16. The zero-order valence-electron chi connectivity index (χ0n) is 12.3. The van der Waals surface area contributed by atoms with Crippen LogP contribution in [0.15, 0.2) is 47.7 Å². The number of nitrogens with one attached hydrogen (secondary N) is 1. The molecule has 23 heavy (non-hydrogen) atoms. The molecule has 0 radical (unpaired) electrons. The van der Waals surface area contributed by atoms with Crippen molar-refractivity contribution in [1.29, 1.82) is 0 Å². The summed E-state index contributed by atoms with van der Waals surface area (Å²) in [4.78, 5) is 20.5. The van der Waals surface area contributed by atoms with E-state index >= 15 is 0 Å². The lowest BCUT2D eigenvalue weighted by molar-refractivity contribution is 0.102. The number of anilines is 1. The number of methoxy groups -OCH3 is 1. The average molecular weight is 348 g/mol. The first kappa shape index (κ1) is 15.7. The van der Waals surface area contributed by atoms with Gasteiger partial charge in [-0.3, -0.25) is 10.1 Å². The van der Waals surface area contributed by atoms with E-state index in [1.54, 1.807) is 13.2 Å². The Labute approximate surface area is 142 Å². The number of rotatable bonds is 4. The van der Waals surface area contributed by atoms with Gasteiger partial charge in [0.2, 0.25) is 0 Å². The maximum absolute atomic E-state index is 12.2. The van der Waals surface area contributed by atoms with E-state index < -0.39 is 0 Å². The highest BCUT2D eigenvalue weighted by molar-refractivity contribution is 7.14. The number of pyridine rings is 1. The number of carbonyl (C=O) groups excluding carboxylic acids is 1. The third-order valence-corrected chi connectivity index (χ3v) is 4.40. The highest BCUT2D eigenvalue weighted by Crippen LogP contribution is 2.29. The van der Waals surface area contributed by atoms with Crippen molar-refractivity contribution in [3.8, 4) is 0 Å². The Balaban J connectivity index is 1.67. The summed E-state index contributed by atoms with van der Waals surface area (Å²) in [6, 6.07) is 3.13. The Kier molecular flexibility index (Phi) is 4.73. The number of ether oxygens (including phenoxy) is 1. The smallest absolute Gasteiger partial charge is 0.257 e. The van der Waals surface area contributed by atoms with Crippen molar-refractivity contribution in [1.82, 2.24) is 9.97 Å². The first-order valence-electron chi connectivity index (χ1n) is 6.96. The number of carbonyl (C=O) groups is 1. The summed E-state index contributed by atoms with van der Waals surface area (Å²) in [6.07, 6.45) is 8.35. The molecule has 7 heteroatoms. The van der Waals surface area contributed by atoms with Crippen LogP contribution in [-0.2, 0) is 4.74 Å². The molecule has 2 aromatic rings. The molecule has 0 bridgehead atoms. The quantitative estimate of drug-likeness (QED) is 0.848. The maximum atomic E-state index is 12.2. The monoisotopic (exact) mass is 347 g/mol. The minimum absolute atomic E-state index is 0.200. The lowest BCUT2D eigenvalue weighted by atomic mass is 9.97. The van der Waals surface area contributed by atoms with E-state index in [0.717, 1.165) is 17.9 Å². The van der Waals surface area contributed by atoms with Gasteiger partial charge in [-0.2, -0.15) is 0 Å². The molecule has 1 N–H and O–H groups in total. The summed E-state index contributed by atoms with van der Waals surface area (Å²) in [5, 5.41) is 5.58. The molecule has 5 nitrogen and oxygen atoms in total. The number of amides is 1. The Bertz CT molecular complexity index is 785. The lowest BCUT2D eigenvalue weighted by Crippen LogP contribution is -2.12. The van der Waals surface area contributed by atoms with Gasteiger partial charge in [-0.25, -0.2) is 9.97 Å². The van der Waals surface area contributed by atoms with Gasteiger partial charge in [-0.15, -0.1) is 11.3 Å². The molecule has 1 aliphatic carbocycles. The summed E-state index contributed by atoms with van der Waals surface area (Å²) in [6.45, 7) is 0. The van der Waals surface area contributed by atoms with Crippen molar-refractivity contribution >= 4 is 34.0 Å². The zero-order chi connectivity index (χ0) is 16.2. The van der Waals surface area contributed by atoms with E-state index in [-0.39, 0.29) is 17.0 Å². The Hall–Kier alpha value is -2.18. The van der Waals surface area contributed by atoms with Crippen LogP contribution < -0.4 is 5.32 Å². The van der Waals surface area contributed by atoms with Crippen LogP contribution in [0.25, 0.3) is 0 Å². The van der Waals surface area contributed by atoms with Crippen molar-refractivity contribution in [2.45, 2.75) is 12.3 Å². The zero-order valence-corrected chi connectivity index (χ0v) is 13.9. The van der Waals surface area contributed by atoms with E-state index in [1.165, 1.54) is 23.6 Å². The van der Waals surface area contributed by atoms with Gasteiger partial charge in [0.1, 0.15) is 10.9 Å². The predicted molar refractivity (Wildman–Crippen MR) is 90.9 cm³/mol. The second kappa shape index (κ2) is 6.93. The van der Waals surface area contributed by atoms with E-state index in [0.29, 0.717) is 10.7 Å². The number of thiazole rings is 1. The molecule has 0 fully saturated rings. The van der Waals surface area contributed by atoms with Crippen LogP contribution in [0.5, 0.6) is 0 Å². The predicted octanol–water partition coefficient (Wildman–Crippen LogP) is 4.02. The molecular weight excluding hydrogens is 334 g/mol. The summed E-state index contributed by atoms with van der Waals surface area (Å²) >= 11 is 7.19. The standard InChI is InChI=1S/C16H14ClN3O2S/c1-22-12-4-2-10(3-5-12)13-9-23-16(19-13)20-15(21)11-6-7-18-14(17)8-11/h2,4-10H,3H2,1H3,(H,19,20,21). The molecule has 118 valence electrons. The van der Waals surface area contributed by atoms with Gasteiger partial charge < -0.3 is 4.74 Å². The largest absolute Gasteiger partial charge is 0.497 e. The van der Waals surface area contributed by atoms with Crippen LogP contribution in [0.1, 0.15) is 28.4 Å². The van der Waals surface area contributed by atoms with Crippen LogP contribution in [0, 0.1) is 0 Å². The Morgan fingerprint density at radius 1 is 1.52 bits per heavy atom. The summed E-state index contributed by atoms with van der Waals surface area (Å²) in [7, 11) is 1.65. The molecule has 0 spiro atoms. The minimum atomic E-state index is -0.254. The second-order valence-electron chi connectivity index (χ2n) is 4.91. The number of aromatic nitrogens is 2. The number of hydrogen-bond acceptors (Lipinski definition) is 5. The fourth-order valence-electron chi connectivity index (χ4n) is 2.20. The van der Waals surface area contributed by atoms with Gasteiger partial charge in [0, 0.05) is 23.1 Å². The van der Waals surface area contributed by atoms with Crippen LogP contribution >= 0.6 is 22.9 Å². The van der Waals surface area contributed by atoms with Crippen molar-refractivity contribution in [2.24, 2.45) is 0 Å². The lowest BCUT2D eigenvalue weighted by Gasteiger charge is -2.13. The first-order valence-corrected chi connectivity index (χ1v) is 8.22. The molecule has 0 aliphatic heterocycles. The summed E-state index contributed by atoms with van der Waals surface area (Å²) < 4.78 is 5.18. The van der Waals surface area contributed by atoms with Crippen molar-refractivity contribution < 1.29 is 9.53 Å². The highest BCUT2D eigenvalue weighted by atomic mass is 35.5. The molecule has 1 unspecified atom stereocenters. The molecule has 2 heterocycles. The topological polar surface area (TPSA) is 64.1 Å². The van der Waals surface area contributed by atoms with Crippen LogP contribution in [0.4, 0.5) is 5.13 Å². The number of nitrogens with zero attached hydrogens (tertiary/aromatic N) is 2. The Morgan fingerprint density at radius 2 is 2.39 bits per heavy atom.